The quantitative estimate of drug-likeness (QED) is 0.603. The van der Waals surface area contributed by atoms with E-state index in [4.69, 9.17) is 5.11 Å². The van der Waals surface area contributed by atoms with Crippen molar-refractivity contribution >= 4 is 11.9 Å². The average Bonchev–Trinajstić information content (AvgIpc) is 2.46. The fraction of sp³-hybridized carbons (Fsp3) is 0.895. The standard InChI is InChI=1S/C19H34O4/c1-13(2)6-4-7-14(3)8-5-9-15-10-11-16(18(20)21)17(12-15)19(22)23/h13-17H,4-12H2,1-3H3,(H,20,21)(H,22,23)/t14?,15?,16-,17-/m0/s1. The summed E-state index contributed by atoms with van der Waals surface area (Å²) in [6.45, 7) is 6.83. The van der Waals surface area contributed by atoms with E-state index in [0.29, 0.717) is 18.8 Å². The number of carboxylic acids is 2. The molecule has 0 aromatic carbocycles. The lowest BCUT2D eigenvalue weighted by atomic mass is 9.72. The highest BCUT2D eigenvalue weighted by Gasteiger charge is 2.39. The molecule has 0 heterocycles. The van der Waals surface area contributed by atoms with Gasteiger partial charge in [0.15, 0.2) is 0 Å². The lowest BCUT2D eigenvalue weighted by molar-refractivity contribution is -0.156. The molecule has 0 bridgehead atoms. The summed E-state index contributed by atoms with van der Waals surface area (Å²) in [6.07, 6.45) is 9.17. The molecule has 1 aliphatic carbocycles. The van der Waals surface area contributed by atoms with Crippen molar-refractivity contribution in [2.45, 2.75) is 78.6 Å². The van der Waals surface area contributed by atoms with E-state index < -0.39 is 23.8 Å². The highest BCUT2D eigenvalue weighted by molar-refractivity contribution is 5.80. The number of carbonyl (C=O) groups is 2. The summed E-state index contributed by atoms with van der Waals surface area (Å²) in [5, 5.41) is 18.4. The number of aliphatic carboxylic acids is 2. The molecule has 0 radical (unpaired) electrons. The summed E-state index contributed by atoms with van der Waals surface area (Å²) in [5.74, 6) is -1.39. The zero-order chi connectivity index (χ0) is 17.4. The van der Waals surface area contributed by atoms with Crippen molar-refractivity contribution in [2.75, 3.05) is 0 Å². The number of hydrogen-bond donors (Lipinski definition) is 2. The molecule has 4 heteroatoms. The molecule has 1 fully saturated rings. The Morgan fingerprint density at radius 3 is 2.09 bits per heavy atom. The Morgan fingerprint density at radius 2 is 1.52 bits per heavy atom. The van der Waals surface area contributed by atoms with Crippen LogP contribution >= 0.6 is 0 Å². The summed E-state index contributed by atoms with van der Waals surface area (Å²) < 4.78 is 0. The third kappa shape index (κ3) is 7.36. The van der Waals surface area contributed by atoms with Gasteiger partial charge in [0, 0.05) is 0 Å². The van der Waals surface area contributed by atoms with Crippen molar-refractivity contribution < 1.29 is 19.8 Å². The predicted molar refractivity (Wildman–Crippen MR) is 91.3 cm³/mol. The van der Waals surface area contributed by atoms with Crippen LogP contribution in [0.15, 0.2) is 0 Å². The van der Waals surface area contributed by atoms with E-state index in [1.807, 2.05) is 0 Å². The van der Waals surface area contributed by atoms with Gasteiger partial charge in [-0.2, -0.15) is 0 Å². The molecule has 0 saturated heterocycles. The zero-order valence-corrected chi connectivity index (χ0v) is 15.0. The molecule has 1 aliphatic rings. The summed E-state index contributed by atoms with van der Waals surface area (Å²) in [7, 11) is 0. The second kappa shape index (κ2) is 9.94. The van der Waals surface area contributed by atoms with Gasteiger partial charge in [0.25, 0.3) is 0 Å². The van der Waals surface area contributed by atoms with E-state index in [9.17, 15) is 14.7 Å². The highest BCUT2D eigenvalue weighted by Crippen LogP contribution is 2.37. The SMILES string of the molecule is CC(C)CCCC(C)CCCC1CC[C@H](C(=O)O)[C@@H](C(=O)O)C1. The summed E-state index contributed by atoms with van der Waals surface area (Å²) >= 11 is 0. The largest absolute Gasteiger partial charge is 0.481 e. The molecular formula is C19H34O4. The average molecular weight is 326 g/mol. The molecule has 0 aromatic rings. The molecule has 1 saturated carbocycles. The van der Waals surface area contributed by atoms with E-state index in [0.717, 1.165) is 31.1 Å². The van der Waals surface area contributed by atoms with Gasteiger partial charge in [-0.25, -0.2) is 0 Å². The molecule has 4 atom stereocenters. The van der Waals surface area contributed by atoms with Crippen LogP contribution in [-0.2, 0) is 9.59 Å². The van der Waals surface area contributed by atoms with E-state index in [1.165, 1.54) is 25.7 Å². The van der Waals surface area contributed by atoms with Crippen LogP contribution in [0, 0.1) is 29.6 Å². The van der Waals surface area contributed by atoms with Crippen molar-refractivity contribution in [3.63, 3.8) is 0 Å². The number of rotatable bonds is 10. The molecule has 1 rings (SSSR count). The van der Waals surface area contributed by atoms with Crippen LogP contribution in [0.4, 0.5) is 0 Å². The molecule has 0 aliphatic heterocycles. The van der Waals surface area contributed by atoms with Crippen LogP contribution in [-0.4, -0.2) is 22.2 Å². The fourth-order valence-corrected chi connectivity index (χ4v) is 3.86. The van der Waals surface area contributed by atoms with Gasteiger partial charge >= 0.3 is 11.9 Å². The van der Waals surface area contributed by atoms with Crippen molar-refractivity contribution in [3.8, 4) is 0 Å². The van der Waals surface area contributed by atoms with Crippen molar-refractivity contribution in [1.29, 1.82) is 0 Å². The van der Waals surface area contributed by atoms with E-state index >= 15 is 0 Å². The molecule has 0 spiro atoms. The van der Waals surface area contributed by atoms with Gasteiger partial charge < -0.3 is 10.2 Å². The topological polar surface area (TPSA) is 74.6 Å². The van der Waals surface area contributed by atoms with E-state index in [1.54, 1.807) is 0 Å². The molecule has 2 N–H and O–H groups in total. The van der Waals surface area contributed by atoms with Crippen LogP contribution in [0.1, 0.15) is 78.6 Å². The Hall–Kier alpha value is -1.06. The second-order valence-electron chi connectivity index (χ2n) is 7.93. The lowest BCUT2D eigenvalue weighted by Crippen LogP contribution is -2.35. The Morgan fingerprint density at radius 1 is 0.913 bits per heavy atom. The summed E-state index contributed by atoms with van der Waals surface area (Å²) in [5.41, 5.74) is 0. The van der Waals surface area contributed by atoms with Crippen LogP contribution in [0.5, 0.6) is 0 Å². The van der Waals surface area contributed by atoms with Gasteiger partial charge in [-0.15, -0.1) is 0 Å². The lowest BCUT2D eigenvalue weighted by Gasteiger charge is -2.31. The van der Waals surface area contributed by atoms with Gasteiger partial charge in [-0.05, 0) is 37.0 Å². The Kier molecular flexibility index (Phi) is 8.64. The maximum atomic E-state index is 11.3. The molecular weight excluding hydrogens is 292 g/mol. The smallest absolute Gasteiger partial charge is 0.307 e. The van der Waals surface area contributed by atoms with Crippen LogP contribution in [0.25, 0.3) is 0 Å². The van der Waals surface area contributed by atoms with E-state index in [-0.39, 0.29) is 0 Å². The predicted octanol–water partition coefficient (Wildman–Crippen LogP) is 4.82. The molecule has 0 amide bonds. The van der Waals surface area contributed by atoms with Gasteiger partial charge in [0.05, 0.1) is 11.8 Å². The normalized spacial score (nSPS) is 26.2. The minimum Gasteiger partial charge on any atom is -0.481 e. The molecule has 0 aromatic heterocycles. The van der Waals surface area contributed by atoms with Crippen LogP contribution < -0.4 is 0 Å². The van der Waals surface area contributed by atoms with Gasteiger partial charge in [-0.1, -0.05) is 59.3 Å². The summed E-state index contributed by atoms with van der Waals surface area (Å²) in [4.78, 5) is 22.5. The van der Waals surface area contributed by atoms with Crippen LogP contribution in [0.3, 0.4) is 0 Å². The molecule has 134 valence electrons. The maximum absolute atomic E-state index is 11.3. The maximum Gasteiger partial charge on any atom is 0.307 e. The molecule has 2 unspecified atom stereocenters. The van der Waals surface area contributed by atoms with E-state index in [2.05, 4.69) is 20.8 Å². The van der Waals surface area contributed by atoms with Gasteiger partial charge in [-0.3, -0.25) is 9.59 Å². The fourth-order valence-electron chi connectivity index (χ4n) is 3.86. The Bertz CT molecular complexity index is 378. The Labute approximate surface area is 140 Å². The summed E-state index contributed by atoms with van der Waals surface area (Å²) in [6, 6.07) is 0. The molecule has 23 heavy (non-hydrogen) atoms. The third-order valence-electron chi connectivity index (χ3n) is 5.38. The highest BCUT2D eigenvalue weighted by atomic mass is 16.4. The van der Waals surface area contributed by atoms with Crippen molar-refractivity contribution in [1.82, 2.24) is 0 Å². The van der Waals surface area contributed by atoms with Crippen molar-refractivity contribution in [3.05, 3.63) is 0 Å². The van der Waals surface area contributed by atoms with Crippen LogP contribution in [0.2, 0.25) is 0 Å². The monoisotopic (exact) mass is 326 g/mol. The van der Waals surface area contributed by atoms with Gasteiger partial charge in [0.2, 0.25) is 0 Å². The minimum atomic E-state index is -0.949. The molecule has 4 nitrogen and oxygen atoms in total. The first-order chi connectivity index (χ1) is 10.8. The number of carboxylic acid groups (broad SMARTS) is 2. The zero-order valence-electron chi connectivity index (χ0n) is 15.0. The van der Waals surface area contributed by atoms with Gasteiger partial charge in [0.1, 0.15) is 0 Å². The minimum absolute atomic E-state index is 0.384. The first-order valence-electron chi connectivity index (χ1n) is 9.26. The third-order valence-corrected chi connectivity index (χ3v) is 5.38. The second-order valence-corrected chi connectivity index (χ2v) is 7.93. The first kappa shape index (κ1) is 20.0. The Balaban J connectivity index is 2.28. The first-order valence-corrected chi connectivity index (χ1v) is 9.26. The van der Waals surface area contributed by atoms with Crippen molar-refractivity contribution in [2.24, 2.45) is 29.6 Å². The number of hydrogen-bond acceptors (Lipinski definition) is 2.